The molecule has 13 heavy (non-hydrogen) atoms. The van der Waals surface area contributed by atoms with Gasteiger partial charge in [0.1, 0.15) is 0 Å². The molecule has 0 aliphatic rings. The second-order valence-corrected chi connectivity index (χ2v) is 3.31. The topological polar surface area (TPSA) is 37.3 Å². The lowest BCUT2D eigenvalue weighted by atomic mass is 10.3. The molecule has 0 saturated heterocycles. The molecule has 1 N–H and O–H groups in total. The van der Waals surface area contributed by atoms with Crippen molar-refractivity contribution in [2.75, 3.05) is 5.75 Å². The Morgan fingerprint density at radius 2 is 2.08 bits per heavy atom. The predicted octanol–water partition coefficient (Wildman–Crippen LogP) is 2.14. The van der Waals surface area contributed by atoms with Crippen LogP contribution in [0.1, 0.15) is 0 Å². The van der Waals surface area contributed by atoms with Gasteiger partial charge in [-0.25, -0.2) is 8.78 Å². The number of carboxylic acids is 1. The third-order valence-corrected chi connectivity index (χ3v) is 2.23. The van der Waals surface area contributed by atoms with E-state index in [4.69, 9.17) is 5.11 Å². The van der Waals surface area contributed by atoms with Gasteiger partial charge < -0.3 is 5.11 Å². The van der Waals surface area contributed by atoms with Crippen molar-refractivity contribution in [3.63, 3.8) is 0 Å². The highest BCUT2D eigenvalue weighted by atomic mass is 32.2. The minimum atomic E-state index is -0.991. The highest BCUT2D eigenvalue weighted by Gasteiger charge is 2.04. The Hall–Kier alpha value is -1.10. The molecule has 2 nitrogen and oxygen atoms in total. The molecule has 0 radical (unpaired) electrons. The fourth-order valence-electron chi connectivity index (χ4n) is 0.712. The summed E-state index contributed by atoms with van der Waals surface area (Å²) >= 11 is 0.945. The number of aliphatic carboxylic acids is 1. The molecule has 0 bridgehead atoms. The van der Waals surface area contributed by atoms with Gasteiger partial charge in [0.2, 0.25) is 0 Å². The molecule has 0 aromatic heterocycles. The molecular weight excluding hydrogens is 198 g/mol. The van der Waals surface area contributed by atoms with Gasteiger partial charge in [-0.3, -0.25) is 4.79 Å². The zero-order valence-electron chi connectivity index (χ0n) is 6.46. The number of hydrogen-bond acceptors (Lipinski definition) is 2. The molecular formula is C8H6F2O2S. The first-order valence-corrected chi connectivity index (χ1v) is 4.38. The monoisotopic (exact) mass is 204 g/mol. The Labute approximate surface area is 77.6 Å². The van der Waals surface area contributed by atoms with Crippen LogP contribution in [0.5, 0.6) is 0 Å². The highest BCUT2D eigenvalue weighted by Crippen LogP contribution is 2.19. The van der Waals surface area contributed by atoms with Crippen LogP contribution in [0.3, 0.4) is 0 Å². The molecule has 0 aliphatic heterocycles. The van der Waals surface area contributed by atoms with Crippen molar-refractivity contribution in [1.29, 1.82) is 0 Å². The summed E-state index contributed by atoms with van der Waals surface area (Å²) in [5, 5.41) is 8.31. The molecule has 0 spiro atoms. The Bertz CT molecular complexity index is 328. The van der Waals surface area contributed by atoms with Gasteiger partial charge in [0, 0.05) is 4.90 Å². The van der Waals surface area contributed by atoms with E-state index in [9.17, 15) is 13.6 Å². The van der Waals surface area contributed by atoms with E-state index in [-0.39, 0.29) is 5.75 Å². The van der Waals surface area contributed by atoms with Crippen LogP contribution >= 0.6 is 11.8 Å². The maximum Gasteiger partial charge on any atom is 0.313 e. The molecule has 0 unspecified atom stereocenters. The molecule has 1 rings (SSSR count). The molecule has 5 heteroatoms. The van der Waals surface area contributed by atoms with Crippen LogP contribution in [0.15, 0.2) is 23.1 Å². The molecule has 0 atom stereocenters. The SMILES string of the molecule is O=C(O)CSc1ccc(F)c(F)c1. The molecule has 0 fully saturated rings. The van der Waals surface area contributed by atoms with Crippen molar-refractivity contribution in [2.24, 2.45) is 0 Å². The molecule has 1 aromatic carbocycles. The summed E-state index contributed by atoms with van der Waals surface area (Å²) < 4.78 is 25.0. The van der Waals surface area contributed by atoms with E-state index in [1.165, 1.54) is 6.07 Å². The average Bonchev–Trinajstić information content (AvgIpc) is 2.07. The lowest BCUT2D eigenvalue weighted by Gasteiger charge is -1.98. The first kappa shape index (κ1) is 9.98. The average molecular weight is 204 g/mol. The Morgan fingerprint density at radius 1 is 1.38 bits per heavy atom. The first-order chi connectivity index (χ1) is 6.09. The molecule has 1 aromatic rings. The summed E-state index contributed by atoms with van der Waals surface area (Å²) in [6.07, 6.45) is 0. The largest absolute Gasteiger partial charge is 0.481 e. The van der Waals surface area contributed by atoms with Crippen molar-refractivity contribution in [2.45, 2.75) is 4.90 Å². The standard InChI is InChI=1S/C8H6F2O2S/c9-6-2-1-5(3-7(6)10)13-4-8(11)12/h1-3H,4H2,(H,11,12). The molecule has 0 aliphatic carbocycles. The maximum atomic E-state index is 12.6. The predicted molar refractivity (Wildman–Crippen MR) is 44.7 cm³/mol. The molecule has 70 valence electrons. The maximum absolute atomic E-state index is 12.6. The van der Waals surface area contributed by atoms with E-state index in [0.29, 0.717) is 4.90 Å². The van der Waals surface area contributed by atoms with Crippen molar-refractivity contribution >= 4 is 17.7 Å². The number of hydrogen-bond donors (Lipinski definition) is 1. The summed E-state index contributed by atoms with van der Waals surface area (Å²) in [6.45, 7) is 0. The number of carboxylic acid groups (broad SMARTS) is 1. The molecule has 0 saturated carbocycles. The lowest BCUT2D eigenvalue weighted by molar-refractivity contribution is -0.133. The van der Waals surface area contributed by atoms with E-state index < -0.39 is 17.6 Å². The zero-order valence-corrected chi connectivity index (χ0v) is 7.28. The second-order valence-electron chi connectivity index (χ2n) is 2.26. The normalized spacial score (nSPS) is 10.0. The van der Waals surface area contributed by atoms with Gasteiger partial charge in [0.25, 0.3) is 0 Å². The fourth-order valence-corrected chi connectivity index (χ4v) is 1.35. The minimum Gasteiger partial charge on any atom is -0.481 e. The number of carbonyl (C=O) groups is 1. The van der Waals surface area contributed by atoms with Crippen LogP contribution in [-0.4, -0.2) is 16.8 Å². The number of benzene rings is 1. The summed E-state index contributed by atoms with van der Waals surface area (Å²) in [4.78, 5) is 10.5. The molecule has 0 heterocycles. The van der Waals surface area contributed by atoms with E-state index >= 15 is 0 Å². The van der Waals surface area contributed by atoms with Gasteiger partial charge in [-0.2, -0.15) is 0 Å². The smallest absolute Gasteiger partial charge is 0.313 e. The third kappa shape index (κ3) is 3.02. The van der Waals surface area contributed by atoms with Crippen LogP contribution in [-0.2, 0) is 4.79 Å². The van der Waals surface area contributed by atoms with Crippen LogP contribution in [0.25, 0.3) is 0 Å². The summed E-state index contributed by atoms with van der Waals surface area (Å²) in [7, 11) is 0. The Morgan fingerprint density at radius 3 is 2.62 bits per heavy atom. The quantitative estimate of drug-likeness (QED) is 0.766. The first-order valence-electron chi connectivity index (χ1n) is 3.39. The van der Waals surface area contributed by atoms with Crippen molar-refractivity contribution in [1.82, 2.24) is 0 Å². The van der Waals surface area contributed by atoms with Gasteiger partial charge in [0.15, 0.2) is 11.6 Å². The number of rotatable bonds is 3. The Balaban J connectivity index is 2.68. The summed E-state index contributed by atoms with van der Waals surface area (Å²) in [5.74, 6) is -3.05. The van der Waals surface area contributed by atoms with Gasteiger partial charge in [0.05, 0.1) is 5.75 Å². The number of thioether (sulfide) groups is 1. The van der Waals surface area contributed by atoms with E-state index in [2.05, 4.69) is 0 Å². The van der Waals surface area contributed by atoms with Crippen LogP contribution in [0.2, 0.25) is 0 Å². The van der Waals surface area contributed by atoms with Gasteiger partial charge in [-0.1, -0.05) is 0 Å². The fraction of sp³-hybridized carbons (Fsp3) is 0.125. The van der Waals surface area contributed by atoms with E-state index in [0.717, 1.165) is 23.9 Å². The number of halogens is 2. The van der Waals surface area contributed by atoms with E-state index in [1.807, 2.05) is 0 Å². The van der Waals surface area contributed by atoms with Gasteiger partial charge in [-0.05, 0) is 18.2 Å². The van der Waals surface area contributed by atoms with Crippen LogP contribution < -0.4 is 0 Å². The van der Waals surface area contributed by atoms with Crippen molar-refractivity contribution in [3.05, 3.63) is 29.8 Å². The summed E-state index contributed by atoms with van der Waals surface area (Å²) in [6, 6.07) is 3.29. The molecule has 0 amide bonds. The zero-order chi connectivity index (χ0) is 9.84. The lowest BCUT2D eigenvalue weighted by Crippen LogP contribution is -1.97. The minimum absolute atomic E-state index is 0.162. The Kier molecular flexibility index (Phi) is 3.25. The van der Waals surface area contributed by atoms with E-state index in [1.54, 1.807) is 0 Å². The summed E-state index contributed by atoms with van der Waals surface area (Å²) in [5.41, 5.74) is 0. The third-order valence-electron chi connectivity index (χ3n) is 1.25. The van der Waals surface area contributed by atoms with Gasteiger partial charge in [-0.15, -0.1) is 11.8 Å². The van der Waals surface area contributed by atoms with Crippen molar-refractivity contribution < 1.29 is 18.7 Å². The van der Waals surface area contributed by atoms with Gasteiger partial charge >= 0.3 is 5.97 Å². The van der Waals surface area contributed by atoms with Crippen LogP contribution in [0.4, 0.5) is 8.78 Å². The highest BCUT2D eigenvalue weighted by molar-refractivity contribution is 8.00. The second kappa shape index (κ2) is 4.23. The van der Waals surface area contributed by atoms with Crippen molar-refractivity contribution in [3.8, 4) is 0 Å². The van der Waals surface area contributed by atoms with Crippen LogP contribution in [0, 0.1) is 11.6 Å².